The lowest BCUT2D eigenvalue weighted by Crippen LogP contribution is -2.05. The van der Waals surface area contributed by atoms with Crippen molar-refractivity contribution in [2.45, 2.75) is 6.42 Å². The predicted molar refractivity (Wildman–Crippen MR) is 85.9 cm³/mol. The van der Waals surface area contributed by atoms with Crippen LogP contribution >= 0.6 is 43.5 Å². The molecule has 0 bridgehead atoms. The molecule has 0 fully saturated rings. The smallest absolute Gasteiger partial charge is 0.197 e. The number of fused-ring (bicyclic) bond motifs is 1. The molecule has 3 rings (SSSR count). The molecule has 1 aliphatic rings. The van der Waals surface area contributed by atoms with Crippen molar-refractivity contribution >= 4 is 49.2 Å². The Bertz CT molecular complexity index is 713. The minimum atomic E-state index is -0.0926. The Kier molecular flexibility index (Phi) is 3.89. The molecule has 1 heterocycles. The van der Waals surface area contributed by atoms with Gasteiger partial charge in [0.25, 0.3) is 0 Å². The van der Waals surface area contributed by atoms with Crippen molar-refractivity contribution in [1.29, 1.82) is 0 Å². The van der Waals surface area contributed by atoms with E-state index in [1.54, 1.807) is 12.1 Å². The van der Waals surface area contributed by atoms with Crippen LogP contribution in [0.5, 0.6) is 5.75 Å². The molecule has 0 radical (unpaired) electrons. The summed E-state index contributed by atoms with van der Waals surface area (Å²) in [5.74, 6) is 0.569. The van der Waals surface area contributed by atoms with E-state index in [0.29, 0.717) is 28.5 Å². The maximum absolute atomic E-state index is 12.7. The molecule has 5 heteroatoms. The summed E-state index contributed by atoms with van der Waals surface area (Å²) in [6.07, 6.45) is 0.789. The molecule has 20 heavy (non-hydrogen) atoms. The molecular formula is C15H9Br2ClO2. The maximum Gasteiger partial charge on any atom is 0.197 e. The molecule has 0 N–H and O–H groups in total. The van der Waals surface area contributed by atoms with Crippen molar-refractivity contribution in [1.82, 2.24) is 0 Å². The normalized spacial score (nSPS) is 12.9. The van der Waals surface area contributed by atoms with E-state index in [1.165, 1.54) is 0 Å². The molecule has 2 nitrogen and oxygen atoms in total. The van der Waals surface area contributed by atoms with Crippen LogP contribution in [0.3, 0.4) is 0 Å². The number of carbonyl (C=O) groups excluding carboxylic acids is 1. The largest absolute Gasteiger partial charge is 0.492 e. The Hall–Kier alpha value is -0.840. The molecule has 0 aliphatic carbocycles. The van der Waals surface area contributed by atoms with Gasteiger partial charge in [-0.05, 0) is 51.8 Å². The lowest BCUT2D eigenvalue weighted by Gasteiger charge is -2.09. The fraction of sp³-hybridized carbons (Fsp3) is 0.133. The quantitative estimate of drug-likeness (QED) is 0.642. The maximum atomic E-state index is 12.7. The molecule has 0 saturated carbocycles. The summed E-state index contributed by atoms with van der Waals surface area (Å²) in [4.78, 5) is 12.7. The second-order valence-electron chi connectivity index (χ2n) is 4.49. The van der Waals surface area contributed by atoms with Crippen LogP contribution in [0.15, 0.2) is 39.3 Å². The zero-order valence-corrected chi connectivity index (χ0v) is 14.2. The van der Waals surface area contributed by atoms with Gasteiger partial charge < -0.3 is 4.74 Å². The van der Waals surface area contributed by atoms with E-state index in [4.69, 9.17) is 16.3 Å². The first-order chi connectivity index (χ1) is 9.56. The van der Waals surface area contributed by atoms with E-state index in [9.17, 15) is 4.79 Å². The lowest BCUT2D eigenvalue weighted by atomic mass is 10.00. The molecule has 0 unspecified atom stereocenters. The predicted octanol–water partition coefficient (Wildman–Crippen LogP) is 5.03. The van der Waals surface area contributed by atoms with E-state index in [-0.39, 0.29) is 5.78 Å². The molecule has 2 aromatic rings. The van der Waals surface area contributed by atoms with Crippen molar-refractivity contribution in [3.63, 3.8) is 0 Å². The Morgan fingerprint density at radius 2 is 1.95 bits per heavy atom. The Balaban J connectivity index is 2.11. The second-order valence-corrected chi connectivity index (χ2v) is 6.70. The summed E-state index contributed by atoms with van der Waals surface area (Å²) in [7, 11) is 0. The van der Waals surface area contributed by atoms with Gasteiger partial charge in [-0.25, -0.2) is 0 Å². The second kappa shape index (κ2) is 5.51. The van der Waals surface area contributed by atoms with Crippen LogP contribution in [0.4, 0.5) is 0 Å². The van der Waals surface area contributed by atoms with E-state index >= 15 is 0 Å². The third-order valence-electron chi connectivity index (χ3n) is 3.17. The average molecular weight is 416 g/mol. The number of ether oxygens (including phenoxy) is 1. The van der Waals surface area contributed by atoms with E-state index in [1.807, 2.05) is 18.2 Å². The number of ketones is 1. The van der Waals surface area contributed by atoms with Crippen molar-refractivity contribution in [2.75, 3.05) is 6.61 Å². The van der Waals surface area contributed by atoms with Crippen LogP contribution < -0.4 is 4.74 Å². The topological polar surface area (TPSA) is 26.3 Å². The first-order valence-electron chi connectivity index (χ1n) is 6.01. The zero-order chi connectivity index (χ0) is 14.3. The van der Waals surface area contributed by atoms with Crippen molar-refractivity contribution in [2.24, 2.45) is 0 Å². The Labute approximate surface area is 138 Å². The first kappa shape index (κ1) is 14.1. The summed E-state index contributed by atoms with van der Waals surface area (Å²) in [5.41, 5.74) is 2.11. The number of benzene rings is 2. The summed E-state index contributed by atoms with van der Waals surface area (Å²) in [5, 5.41) is 0.561. The van der Waals surface area contributed by atoms with Gasteiger partial charge in [0.1, 0.15) is 5.75 Å². The van der Waals surface area contributed by atoms with Gasteiger partial charge in [-0.1, -0.05) is 27.5 Å². The van der Waals surface area contributed by atoms with E-state index in [2.05, 4.69) is 31.9 Å². The number of hydrogen-bond acceptors (Lipinski definition) is 2. The van der Waals surface area contributed by atoms with Gasteiger partial charge in [0, 0.05) is 26.0 Å². The zero-order valence-electron chi connectivity index (χ0n) is 10.3. The SMILES string of the molecule is O=C(c1ccc(Br)cc1Br)c1cc(Cl)cc2c1OCC2. The highest BCUT2D eigenvalue weighted by molar-refractivity contribution is 9.11. The highest BCUT2D eigenvalue weighted by Crippen LogP contribution is 2.35. The van der Waals surface area contributed by atoms with E-state index in [0.717, 1.165) is 20.9 Å². The fourth-order valence-electron chi connectivity index (χ4n) is 2.26. The summed E-state index contributed by atoms with van der Waals surface area (Å²) >= 11 is 12.9. The van der Waals surface area contributed by atoms with Gasteiger partial charge in [0.2, 0.25) is 0 Å². The van der Waals surface area contributed by atoms with Gasteiger partial charge in [-0.3, -0.25) is 4.79 Å². The van der Waals surface area contributed by atoms with Crippen LogP contribution in [-0.2, 0) is 6.42 Å². The number of halogens is 3. The highest BCUT2D eigenvalue weighted by atomic mass is 79.9. The first-order valence-corrected chi connectivity index (χ1v) is 7.97. The molecule has 0 spiro atoms. The van der Waals surface area contributed by atoms with Crippen LogP contribution in [0.25, 0.3) is 0 Å². The molecule has 0 aromatic heterocycles. The number of rotatable bonds is 2. The van der Waals surface area contributed by atoms with E-state index < -0.39 is 0 Å². The Morgan fingerprint density at radius 3 is 2.70 bits per heavy atom. The lowest BCUT2D eigenvalue weighted by molar-refractivity contribution is 0.103. The third kappa shape index (κ3) is 2.52. The molecule has 102 valence electrons. The molecule has 0 saturated heterocycles. The Morgan fingerprint density at radius 1 is 1.15 bits per heavy atom. The highest BCUT2D eigenvalue weighted by Gasteiger charge is 2.24. The molecule has 0 amide bonds. The van der Waals surface area contributed by atoms with Crippen molar-refractivity contribution in [3.8, 4) is 5.75 Å². The molecular weight excluding hydrogens is 407 g/mol. The molecule has 1 aliphatic heterocycles. The van der Waals surface area contributed by atoms with Crippen molar-refractivity contribution < 1.29 is 9.53 Å². The third-order valence-corrected chi connectivity index (χ3v) is 4.54. The van der Waals surface area contributed by atoms with Crippen LogP contribution in [0.1, 0.15) is 21.5 Å². The average Bonchev–Trinajstić information content (AvgIpc) is 2.85. The van der Waals surface area contributed by atoms with Crippen LogP contribution in [-0.4, -0.2) is 12.4 Å². The minimum absolute atomic E-state index is 0.0926. The number of hydrogen-bond donors (Lipinski definition) is 0. The van der Waals surface area contributed by atoms with Crippen LogP contribution in [0.2, 0.25) is 5.02 Å². The molecule has 2 aromatic carbocycles. The van der Waals surface area contributed by atoms with Crippen molar-refractivity contribution in [3.05, 3.63) is 61.0 Å². The molecule has 0 atom stereocenters. The number of carbonyl (C=O) groups is 1. The summed E-state index contributed by atoms with van der Waals surface area (Å²) < 4.78 is 7.24. The van der Waals surface area contributed by atoms with Crippen LogP contribution in [0, 0.1) is 0 Å². The monoisotopic (exact) mass is 414 g/mol. The van der Waals surface area contributed by atoms with Gasteiger partial charge in [-0.15, -0.1) is 0 Å². The van der Waals surface area contributed by atoms with Gasteiger partial charge in [0.05, 0.1) is 12.2 Å². The van der Waals surface area contributed by atoms with Gasteiger partial charge >= 0.3 is 0 Å². The summed E-state index contributed by atoms with van der Waals surface area (Å²) in [6.45, 7) is 0.595. The standard InChI is InChI=1S/C15H9Br2ClO2/c16-9-1-2-11(13(17)6-9)14(19)12-7-10(18)5-8-3-4-20-15(8)12/h1-2,5-7H,3-4H2. The van der Waals surface area contributed by atoms with Gasteiger partial charge in [-0.2, -0.15) is 0 Å². The minimum Gasteiger partial charge on any atom is -0.492 e. The summed E-state index contributed by atoms with van der Waals surface area (Å²) in [6, 6.07) is 8.99. The fourth-order valence-corrected chi connectivity index (χ4v) is 3.72. The van der Waals surface area contributed by atoms with Gasteiger partial charge in [0.15, 0.2) is 5.78 Å².